The lowest BCUT2D eigenvalue weighted by molar-refractivity contribution is -0.121. The van der Waals surface area contributed by atoms with E-state index in [2.05, 4.69) is 5.32 Å². The van der Waals surface area contributed by atoms with Crippen molar-refractivity contribution in [3.63, 3.8) is 0 Å². The second-order valence-electron chi connectivity index (χ2n) is 7.66. The predicted molar refractivity (Wildman–Crippen MR) is 125 cm³/mol. The van der Waals surface area contributed by atoms with E-state index < -0.39 is 0 Å². The van der Waals surface area contributed by atoms with Gasteiger partial charge in [-0.05, 0) is 61.7 Å². The molecule has 1 heterocycles. The number of rotatable bonds is 8. The second-order valence-corrected chi connectivity index (χ2v) is 7.66. The van der Waals surface area contributed by atoms with Crippen LogP contribution in [0, 0.1) is 6.92 Å². The number of para-hydroxylation sites is 1. The van der Waals surface area contributed by atoms with Crippen LogP contribution in [0.15, 0.2) is 72.8 Å². The Morgan fingerprint density at radius 1 is 1.03 bits per heavy atom. The molecule has 0 fully saturated rings. The molecule has 32 heavy (non-hydrogen) atoms. The molecule has 0 saturated carbocycles. The Hall–Kier alpha value is -3.80. The zero-order valence-corrected chi connectivity index (χ0v) is 18.0. The van der Waals surface area contributed by atoms with E-state index in [0.717, 1.165) is 24.2 Å². The number of hydrogen-bond donors (Lipinski definition) is 1. The minimum absolute atomic E-state index is 0.0163. The molecular weight excluding hydrogens is 404 g/mol. The molecule has 1 aliphatic heterocycles. The van der Waals surface area contributed by atoms with Crippen molar-refractivity contribution in [2.75, 3.05) is 30.0 Å². The molecule has 0 radical (unpaired) electrons. The Labute approximate surface area is 187 Å². The minimum Gasteiger partial charge on any atom is -0.493 e. The Morgan fingerprint density at radius 2 is 1.81 bits per heavy atom. The Balaban J connectivity index is 1.37. The zero-order valence-electron chi connectivity index (χ0n) is 18.0. The number of amides is 2. The second kappa shape index (κ2) is 10.0. The molecule has 6 nitrogen and oxygen atoms in total. The predicted octanol–water partition coefficient (Wildman–Crippen LogP) is 4.83. The van der Waals surface area contributed by atoms with E-state index >= 15 is 0 Å². The van der Waals surface area contributed by atoms with E-state index in [0.29, 0.717) is 35.8 Å². The SMILES string of the molecule is Cc1ccccc1OCCCCN1C(=O)COc2ccc(NC(=O)c3ccccc3)cc21. The fraction of sp³-hybridized carbons (Fsp3) is 0.231. The summed E-state index contributed by atoms with van der Waals surface area (Å²) < 4.78 is 11.4. The minimum atomic E-state index is -0.200. The lowest BCUT2D eigenvalue weighted by atomic mass is 10.1. The summed E-state index contributed by atoms with van der Waals surface area (Å²) >= 11 is 0. The molecule has 0 saturated heterocycles. The number of benzene rings is 3. The maximum Gasteiger partial charge on any atom is 0.265 e. The summed E-state index contributed by atoms with van der Waals surface area (Å²) in [5, 5.41) is 2.89. The summed E-state index contributed by atoms with van der Waals surface area (Å²) in [5.41, 5.74) is 2.97. The Kier molecular flexibility index (Phi) is 6.70. The number of aryl methyl sites for hydroxylation is 1. The van der Waals surface area contributed by atoms with Gasteiger partial charge in [0.1, 0.15) is 11.5 Å². The van der Waals surface area contributed by atoms with E-state index in [4.69, 9.17) is 9.47 Å². The van der Waals surface area contributed by atoms with Crippen LogP contribution in [0.3, 0.4) is 0 Å². The van der Waals surface area contributed by atoms with E-state index in [1.54, 1.807) is 35.2 Å². The smallest absolute Gasteiger partial charge is 0.265 e. The number of ether oxygens (including phenoxy) is 2. The van der Waals surface area contributed by atoms with Crippen LogP contribution in [0.1, 0.15) is 28.8 Å². The van der Waals surface area contributed by atoms with E-state index in [-0.39, 0.29) is 18.4 Å². The fourth-order valence-electron chi connectivity index (χ4n) is 3.59. The van der Waals surface area contributed by atoms with Crippen LogP contribution < -0.4 is 19.7 Å². The summed E-state index contributed by atoms with van der Waals surface area (Å²) in [5.74, 6) is 1.23. The van der Waals surface area contributed by atoms with Gasteiger partial charge in [-0.25, -0.2) is 0 Å². The summed E-state index contributed by atoms with van der Waals surface area (Å²) in [6.45, 7) is 3.18. The Morgan fingerprint density at radius 3 is 2.62 bits per heavy atom. The highest BCUT2D eigenvalue weighted by Crippen LogP contribution is 2.35. The van der Waals surface area contributed by atoms with Crippen molar-refractivity contribution in [3.05, 3.63) is 83.9 Å². The topological polar surface area (TPSA) is 67.9 Å². The van der Waals surface area contributed by atoms with Crippen LogP contribution in [0.2, 0.25) is 0 Å². The summed E-state index contributed by atoms with van der Waals surface area (Å²) in [6, 6.07) is 22.3. The third-order valence-corrected chi connectivity index (χ3v) is 5.32. The van der Waals surface area contributed by atoms with Crippen molar-refractivity contribution in [3.8, 4) is 11.5 Å². The van der Waals surface area contributed by atoms with Gasteiger partial charge in [-0.1, -0.05) is 36.4 Å². The fourth-order valence-corrected chi connectivity index (χ4v) is 3.59. The van der Waals surface area contributed by atoms with Crippen molar-refractivity contribution < 1.29 is 19.1 Å². The van der Waals surface area contributed by atoms with Crippen LogP contribution in [0.5, 0.6) is 11.5 Å². The first-order valence-corrected chi connectivity index (χ1v) is 10.7. The number of nitrogens with zero attached hydrogens (tertiary/aromatic N) is 1. The van der Waals surface area contributed by atoms with Gasteiger partial charge in [-0.3, -0.25) is 9.59 Å². The van der Waals surface area contributed by atoms with Crippen molar-refractivity contribution in [1.82, 2.24) is 0 Å². The van der Waals surface area contributed by atoms with Crippen molar-refractivity contribution in [2.24, 2.45) is 0 Å². The first-order valence-electron chi connectivity index (χ1n) is 10.7. The molecule has 0 unspecified atom stereocenters. The van der Waals surface area contributed by atoms with Crippen molar-refractivity contribution in [1.29, 1.82) is 0 Å². The quantitative estimate of drug-likeness (QED) is 0.520. The Bertz CT molecular complexity index is 1100. The summed E-state index contributed by atoms with van der Waals surface area (Å²) in [4.78, 5) is 26.7. The van der Waals surface area contributed by atoms with Gasteiger partial charge in [-0.15, -0.1) is 0 Å². The van der Waals surface area contributed by atoms with E-state index in [1.807, 2.05) is 49.4 Å². The molecule has 2 amide bonds. The third-order valence-electron chi connectivity index (χ3n) is 5.32. The molecule has 1 N–H and O–H groups in total. The number of hydrogen-bond acceptors (Lipinski definition) is 4. The number of fused-ring (bicyclic) bond motifs is 1. The van der Waals surface area contributed by atoms with E-state index in [1.165, 1.54) is 0 Å². The van der Waals surface area contributed by atoms with Gasteiger partial charge in [0, 0.05) is 17.8 Å². The molecule has 3 aromatic carbocycles. The molecule has 6 heteroatoms. The van der Waals surface area contributed by atoms with Gasteiger partial charge >= 0.3 is 0 Å². The number of unbranched alkanes of at least 4 members (excludes halogenated alkanes) is 1. The summed E-state index contributed by atoms with van der Waals surface area (Å²) in [6.07, 6.45) is 1.61. The number of carbonyl (C=O) groups is 2. The molecule has 164 valence electrons. The number of anilines is 2. The summed E-state index contributed by atoms with van der Waals surface area (Å²) in [7, 11) is 0. The lowest BCUT2D eigenvalue weighted by Gasteiger charge is -2.30. The molecule has 1 aliphatic rings. The van der Waals surface area contributed by atoms with Crippen molar-refractivity contribution >= 4 is 23.2 Å². The molecule has 0 aliphatic carbocycles. The molecule has 4 rings (SSSR count). The largest absolute Gasteiger partial charge is 0.493 e. The maximum atomic E-state index is 12.5. The van der Waals surface area contributed by atoms with Gasteiger partial charge < -0.3 is 19.7 Å². The molecule has 0 bridgehead atoms. The highest BCUT2D eigenvalue weighted by Gasteiger charge is 2.25. The lowest BCUT2D eigenvalue weighted by Crippen LogP contribution is -2.39. The van der Waals surface area contributed by atoms with Gasteiger partial charge in [0.15, 0.2) is 6.61 Å². The first-order chi connectivity index (χ1) is 15.6. The van der Waals surface area contributed by atoms with E-state index in [9.17, 15) is 9.59 Å². The number of nitrogens with one attached hydrogen (secondary N) is 1. The average molecular weight is 431 g/mol. The van der Waals surface area contributed by atoms with Gasteiger partial charge in [0.2, 0.25) is 0 Å². The van der Waals surface area contributed by atoms with Crippen LogP contribution in [-0.4, -0.2) is 31.6 Å². The standard InChI is InChI=1S/C26H26N2O4/c1-19-9-5-6-12-23(19)31-16-8-7-15-28-22-17-21(13-14-24(22)32-18-25(28)29)27-26(30)20-10-3-2-4-11-20/h2-6,9-14,17H,7-8,15-16,18H2,1H3,(H,27,30). The van der Waals surface area contributed by atoms with Crippen LogP contribution in [0.4, 0.5) is 11.4 Å². The van der Waals surface area contributed by atoms with Crippen LogP contribution in [0.25, 0.3) is 0 Å². The molecule has 0 spiro atoms. The first kappa shape index (κ1) is 21.4. The molecule has 0 aromatic heterocycles. The van der Waals surface area contributed by atoms with Crippen molar-refractivity contribution in [2.45, 2.75) is 19.8 Å². The van der Waals surface area contributed by atoms with Gasteiger partial charge in [0.05, 0.1) is 12.3 Å². The third kappa shape index (κ3) is 5.09. The van der Waals surface area contributed by atoms with Crippen LogP contribution >= 0.6 is 0 Å². The van der Waals surface area contributed by atoms with Gasteiger partial charge in [0.25, 0.3) is 11.8 Å². The maximum absolute atomic E-state index is 12.5. The average Bonchev–Trinajstić information content (AvgIpc) is 2.82. The highest BCUT2D eigenvalue weighted by atomic mass is 16.5. The molecule has 0 atom stereocenters. The highest BCUT2D eigenvalue weighted by molar-refractivity contribution is 6.05. The van der Waals surface area contributed by atoms with Crippen LogP contribution in [-0.2, 0) is 4.79 Å². The number of carbonyl (C=O) groups excluding carboxylic acids is 2. The molecule has 3 aromatic rings. The van der Waals surface area contributed by atoms with Gasteiger partial charge in [-0.2, -0.15) is 0 Å². The monoisotopic (exact) mass is 430 g/mol. The molecular formula is C26H26N2O4. The normalized spacial score (nSPS) is 12.7. The zero-order chi connectivity index (χ0) is 22.3.